The molecule has 2 heterocycles. The highest BCUT2D eigenvalue weighted by Gasteiger charge is 2.18. The smallest absolute Gasteiger partial charge is 0.310 e. The molecule has 0 aliphatic carbocycles. The van der Waals surface area contributed by atoms with Gasteiger partial charge in [-0.25, -0.2) is 0 Å². The van der Waals surface area contributed by atoms with Crippen LogP contribution in [-0.4, -0.2) is 27.3 Å². The second-order valence-corrected chi connectivity index (χ2v) is 6.71. The second-order valence-electron chi connectivity index (χ2n) is 4.88. The molecule has 0 bridgehead atoms. The molecule has 0 unspecified atom stereocenters. The average molecular weight is 348 g/mol. The number of carbonyl (C=O) groups is 1. The predicted molar refractivity (Wildman–Crippen MR) is 94.0 cm³/mol. The lowest BCUT2D eigenvalue weighted by Gasteiger charge is -2.14. The molecule has 0 saturated carbocycles. The number of thiophene rings is 2. The van der Waals surface area contributed by atoms with E-state index in [9.17, 15) is 4.79 Å². The van der Waals surface area contributed by atoms with Gasteiger partial charge in [0.05, 0.1) is 32.5 Å². The third-order valence-electron chi connectivity index (χ3n) is 3.64. The zero-order valence-corrected chi connectivity index (χ0v) is 14.7. The van der Waals surface area contributed by atoms with Crippen LogP contribution in [-0.2, 0) is 16.0 Å². The molecule has 0 radical (unpaired) electrons. The highest BCUT2D eigenvalue weighted by Crippen LogP contribution is 2.42. The van der Waals surface area contributed by atoms with Crippen LogP contribution in [0.4, 0.5) is 0 Å². The summed E-state index contributed by atoms with van der Waals surface area (Å²) in [4.78, 5) is 11.8. The molecule has 0 amide bonds. The maximum Gasteiger partial charge on any atom is 0.310 e. The Morgan fingerprint density at radius 2 is 1.78 bits per heavy atom. The van der Waals surface area contributed by atoms with Crippen LogP contribution >= 0.6 is 22.7 Å². The first-order chi connectivity index (χ1) is 11.2. The number of esters is 1. The van der Waals surface area contributed by atoms with Crippen LogP contribution in [0.3, 0.4) is 0 Å². The van der Waals surface area contributed by atoms with Crippen LogP contribution in [0.1, 0.15) is 5.56 Å². The molecule has 120 valence electrons. The van der Waals surface area contributed by atoms with Gasteiger partial charge in [0.15, 0.2) is 11.5 Å². The molecular weight excluding hydrogens is 332 g/mol. The molecule has 4 nitrogen and oxygen atoms in total. The van der Waals surface area contributed by atoms with Crippen molar-refractivity contribution < 1.29 is 19.0 Å². The third kappa shape index (κ3) is 2.92. The maximum atomic E-state index is 11.8. The Bertz CT molecular complexity index is 848. The molecule has 0 saturated heterocycles. The Labute approximate surface area is 142 Å². The van der Waals surface area contributed by atoms with Gasteiger partial charge >= 0.3 is 5.97 Å². The van der Waals surface area contributed by atoms with E-state index < -0.39 is 0 Å². The number of hydrogen-bond donors (Lipinski definition) is 0. The monoisotopic (exact) mass is 348 g/mol. The van der Waals surface area contributed by atoms with Crippen LogP contribution in [0.5, 0.6) is 11.5 Å². The van der Waals surface area contributed by atoms with Gasteiger partial charge in [-0.1, -0.05) is 0 Å². The molecule has 3 aromatic rings. The van der Waals surface area contributed by atoms with Crippen LogP contribution in [0, 0.1) is 0 Å². The van der Waals surface area contributed by atoms with Crippen molar-refractivity contribution in [2.24, 2.45) is 0 Å². The van der Waals surface area contributed by atoms with Gasteiger partial charge in [-0.3, -0.25) is 4.79 Å². The van der Waals surface area contributed by atoms with Crippen molar-refractivity contribution in [2.45, 2.75) is 6.42 Å². The first-order valence-electron chi connectivity index (χ1n) is 6.94. The number of ether oxygens (including phenoxy) is 3. The molecule has 0 aliphatic heterocycles. The lowest BCUT2D eigenvalue weighted by Crippen LogP contribution is -2.06. The van der Waals surface area contributed by atoms with Gasteiger partial charge in [0.25, 0.3) is 0 Å². The molecule has 0 spiro atoms. The van der Waals surface area contributed by atoms with Crippen LogP contribution in [0.25, 0.3) is 20.5 Å². The molecule has 0 aliphatic rings. The summed E-state index contributed by atoms with van der Waals surface area (Å²) in [6.45, 7) is 0. The highest BCUT2D eigenvalue weighted by molar-refractivity contribution is 7.26. The summed E-state index contributed by atoms with van der Waals surface area (Å²) in [5, 5.41) is 4.19. The van der Waals surface area contributed by atoms with Crippen LogP contribution < -0.4 is 9.47 Å². The SMILES string of the molecule is COC(=O)Cc1cc(OC)c(OC)cc1-c1csc2ccsc12. The van der Waals surface area contributed by atoms with Gasteiger partial charge in [0.1, 0.15) is 0 Å². The van der Waals surface area contributed by atoms with Gasteiger partial charge in [0.2, 0.25) is 0 Å². The molecule has 6 heteroatoms. The predicted octanol–water partition coefficient (Wildman–Crippen LogP) is 4.36. The zero-order chi connectivity index (χ0) is 16.4. The summed E-state index contributed by atoms with van der Waals surface area (Å²) in [6.07, 6.45) is 0.189. The zero-order valence-electron chi connectivity index (χ0n) is 13.0. The Balaban J connectivity index is 2.20. The van der Waals surface area contributed by atoms with Gasteiger partial charge in [-0.2, -0.15) is 0 Å². The van der Waals surface area contributed by atoms with Gasteiger partial charge in [-0.05, 0) is 34.7 Å². The van der Waals surface area contributed by atoms with Gasteiger partial charge in [-0.15, -0.1) is 22.7 Å². The molecule has 0 atom stereocenters. The summed E-state index contributed by atoms with van der Waals surface area (Å²) in [6, 6.07) is 5.88. The van der Waals surface area contributed by atoms with E-state index >= 15 is 0 Å². The number of hydrogen-bond acceptors (Lipinski definition) is 6. The van der Waals surface area contributed by atoms with E-state index in [1.165, 1.54) is 16.5 Å². The summed E-state index contributed by atoms with van der Waals surface area (Å²) >= 11 is 3.39. The summed E-state index contributed by atoms with van der Waals surface area (Å²) in [7, 11) is 4.59. The van der Waals surface area contributed by atoms with Crippen molar-refractivity contribution in [2.75, 3.05) is 21.3 Å². The van der Waals surface area contributed by atoms with E-state index in [1.54, 1.807) is 36.9 Å². The fourth-order valence-electron chi connectivity index (χ4n) is 2.49. The van der Waals surface area contributed by atoms with Crippen LogP contribution in [0.15, 0.2) is 29.0 Å². The van der Waals surface area contributed by atoms with E-state index in [4.69, 9.17) is 14.2 Å². The molecule has 0 fully saturated rings. The first kappa shape index (κ1) is 15.8. The molecule has 2 aromatic heterocycles. The van der Waals surface area contributed by atoms with Crippen molar-refractivity contribution in [3.8, 4) is 22.6 Å². The number of benzene rings is 1. The molecule has 0 N–H and O–H groups in total. The maximum absolute atomic E-state index is 11.8. The number of rotatable bonds is 5. The van der Waals surface area contributed by atoms with Gasteiger partial charge in [0, 0.05) is 15.6 Å². The topological polar surface area (TPSA) is 44.8 Å². The molecule has 1 aromatic carbocycles. The minimum Gasteiger partial charge on any atom is -0.493 e. The summed E-state index contributed by atoms with van der Waals surface area (Å²) < 4.78 is 18.1. The largest absolute Gasteiger partial charge is 0.493 e. The molecular formula is C17H16O4S2. The normalized spacial score (nSPS) is 10.7. The minimum absolute atomic E-state index is 0.189. The van der Waals surface area contributed by atoms with E-state index in [-0.39, 0.29) is 12.4 Å². The Morgan fingerprint density at radius 1 is 1.04 bits per heavy atom. The Hall–Kier alpha value is -2.05. The highest BCUT2D eigenvalue weighted by atomic mass is 32.1. The quantitative estimate of drug-likeness (QED) is 0.643. The average Bonchev–Trinajstić information content (AvgIpc) is 3.17. The minimum atomic E-state index is -0.281. The number of fused-ring (bicyclic) bond motifs is 1. The lowest BCUT2D eigenvalue weighted by atomic mass is 9.98. The lowest BCUT2D eigenvalue weighted by molar-refractivity contribution is -0.139. The van der Waals surface area contributed by atoms with Crippen LogP contribution in [0.2, 0.25) is 0 Å². The third-order valence-corrected chi connectivity index (χ3v) is 5.66. The van der Waals surface area contributed by atoms with E-state index in [1.807, 2.05) is 12.1 Å². The standard InChI is InChI=1S/C17H16O4S2/c1-19-13-6-10(7-16(18)21-3)11(8-14(13)20-2)12-9-23-15-4-5-22-17(12)15/h4-6,8-9H,7H2,1-3H3. The summed E-state index contributed by atoms with van der Waals surface area (Å²) in [5.74, 6) is 0.968. The van der Waals surface area contributed by atoms with E-state index in [0.29, 0.717) is 11.5 Å². The Kier molecular flexibility index (Phi) is 4.54. The molecule has 23 heavy (non-hydrogen) atoms. The van der Waals surface area contributed by atoms with E-state index in [0.717, 1.165) is 16.7 Å². The van der Waals surface area contributed by atoms with Gasteiger partial charge < -0.3 is 14.2 Å². The number of methoxy groups -OCH3 is 3. The van der Waals surface area contributed by atoms with Crippen molar-refractivity contribution >= 4 is 38.0 Å². The second kappa shape index (κ2) is 6.60. The van der Waals surface area contributed by atoms with Crippen molar-refractivity contribution in [3.63, 3.8) is 0 Å². The van der Waals surface area contributed by atoms with Crippen molar-refractivity contribution in [3.05, 3.63) is 34.5 Å². The Morgan fingerprint density at radius 3 is 2.48 bits per heavy atom. The fraction of sp³-hybridized carbons (Fsp3) is 0.235. The number of carbonyl (C=O) groups excluding carboxylic acids is 1. The fourth-order valence-corrected chi connectivity index (χ4v) is 4.62. The summed E-state index contributed by atoms with van der Waals surface area (Å²) in [5.41, 5.74) is 2.95. The molecule has 3 rings (SSSR count). The first-order valence-corrected chi connectivity index (χ1v) is 8.70. The van der Waals surface area contributed by atoms with Crippen molar-refractivity contribution in [1.82, 2.24) is 0 Å². The van der Waals surface area contributed by atoms with E-state index in [2.05, 4.69) is 16.8 Å². The van der Waals surface area contributed by atoms with Crippen molar-refractivity contribution in [1.29, 1.82) is 0 Å².